The van der Waals surface area contributed by atoms with Gasteiger partial charge in [0.25, 0.3) is 5.91 Å². The maximum Gasteiger partial charge on any atom is 0.329 e. The summed E-state index contributed by atoms with van der Waals surface area (Å²) in [6, 6.07) is 20.1. The van der Waals surface area contributed by atoms with Gasteiger partial charge in [-0.25, -0.2) is 14.1 Å². The molecule has 8 nitrogen and oxygen atoms in total. The summed E-state index contributed by atoms with van der Waals surface area (Å²) < 4.78 is 20.6. The van der Waals surface area contributed by atoms with Crippen LogP contribution < -0.4 is 15.4 Å². The molecule has 0 spiro atoms. The van der Waals surface area contributed by atoms with Crippen molar-refractivity contribution in [2.24, 2.45) is 0 Å². The molecule has 0 radical (unpaired) electrons. The molecule has 1 fully saturated rings. The molecule has 0 unspecified atom stereocenters. The van der Waals surface area contributed by atoms with Crippen LogP contribution in [-0.4, -0.2) is 41.0 Å². The standard InChI is InChI=1S/C28H23FN4O4/c1-37-23-8-6-22(7-9-23)30-26(34)17-33-27(35)24(31-28(33)36)15-18-5-10-25-20(13-18)11-12-32(25)16-19-3-2-4-21(29)14-19/h2-15H,16-17H2,1H3,(H,30,34)(H,31,36)/b24-15+. The Hall–Kier alpha value is -4.92. The summed E-state index contributed by atoms with van der Waals surface area (Å²) in [7, 11) is 1.54. The summed E-state index contributed by atoms with van der Waals surface area (Å²) in [6.45, 7) is 0.0970. The smallest absolute Gasteiger partial charge is 0.329 e. The van der Waals surface area contributed by atoms with E-state index in [2.05, 4.69) is 10.6 Å². The number of hydrogen-bond acceptors (Lipinski definition) is 4. The molecule has 0 aliphatic carbocycles. The fourth-order valence-electron chi connectivity index (χ4n) is 4.18. The number of nitrogens with zero attached hydrogens (tertiary/aromatic N) is 2. The minimum absolute atomic E-state index is 0.0841. The summed E-state index contributed by atoms with van der Waals surface area (Å²) in [5, 5.41) is 6.13. The number of nitrogens with one attached hydrogen (secondary N) is 2. The zero-order valence-corrected chi connectivity index (χ0v) is 19.9. The SMILES string of the molecule is COc1ccc(NC(=O)CN2C(=O)N/C(=C/c3ccc4c(ccn4Cc4cccc(F)c4)c3)C2=O)cc1. The molecule has 2 N–H and O–H groups in total. The van der Waals surface area contributed by atoms with Gasteiger partial charge in [-0.3, -0.25) is 9.59 Å². The Morgan fingerprint density at radius 2 is 1.86 bits per heavy atom. The minimum Gasteiger partial charge on any atom is -0.497 e. The third-order valence-electron chi connectivity index (χ3n) is 5.99. The predicted molar refractivity (Wildman–Crippen MR) is 137 cm³/mol. The predicted octanol–water partition coefficient (Wildman–Crippen LogP) is 4.37. The molecular formula is C28H23FN4O4. The number of hydrogen-bond donors (Lipinski definition) is 2. The summed E-state index contributed by atoms with van der Waals surface area (Å²) in [6.07, 6.45) is 3.49. The Balaban J connectivity index is 1.27. The highest BCUT2D eigenvalue weighted by Crippen LogP contribution is 2.22. The first kappa shape index (κ1) is 23.8. The molecule has 1 aromatic heterocycles. The summed E-state index contributed by atoms with van der Waals surface area (Å²) in [4.78, 5) is 38.5. The highest BCUT2D eigenvalue weighted by Gasteiger charge is 2.34. The lowest BCUT2D eigenvalue weighted by Crippen LogP contribution is -2.38. The van der Waals surface area contributed by atoms with E-state index in [9.17, 15) is 18.8 Å². The van der Waals surface area contributed by atoms with Gasteiger partial charge in [0.15, 0.2) is 0 Å². The molecule has 4 aromatic rings. The summed E-state index contributed by atoms with van der Waals surface area (Å²) >= 11 is 0. The first-order valence-corrected chi connectivity index (χ1v) is 11.5. The van der Waals surface area contributed by atoms with Crippen LogP contribution in [-0.2, 0) is 16.1 Å². The van der Waals surface area contributed by atoms with Crippen LogP contribution in [0, 0.1) is 5.82 Å². The van der Waals surface area contributed by atoms with Gasteiger partial charge in [0.2, 0.25) is 5.91 Å². The third-order valence-corrected chi connectivity index (χ3v) is 5.99. The number of methoxy groups -OCH3 is 1. The van der Waals surface area contributed by atoms with Gasteiger partial charge in [0, 0.05) is 29.3 Å². The van der Waals surface area contributed by atoms with Crippen molar-refractivity contribution in [1.82, 2.24) is 14.8 Å². The lowest BCUT2D eigenvalue weighted by molar-refractivity contribution is -0.127. The zero-order chi connectivity index (χ0) is 25.9. The molecule has 0 saturated carbocycles. The van der Waals surface area contributed by atoms with Crippen molar-refractivity contribution < 1.29 is 23.5 Å². The third kappa shape index (κ3) is 5.20. The first-order valence-electron chi connectivity index (χ1n) is 11.5. The molecule has 0 bridgehead atoms. The van der Waals surface area contributed by atoms with Crippen molar-refractivity contribution in [1.29, 1.82) is 0 Å². The van der Waals surface area contributed by atoms with Gasteiger partial charge in [0.1, 0.15) is 23.8 Å². The molecule has 4 amide bonds. The van der Waals surface area contributed by atoms with Gasteiger partial charge in [-0.15, -0.1) is 0 Å². The Kier molecular flexibility index (Phi) is 6.42. The van der Waals surface area contributed by atoms with Crippen LogP contribution in [0.5, 0.6) is 5.75 Å². The quantitative estimate of drug-likeness (QED) is 0.292. The normalized spacial score (nSPS) is 14.3. The van der Waals surface area contributed by atoms with Crippen LogP contribution >= 0.6 is 0 Å². The molecule has 9 heteroatoms. The topological polar surface area (TPSA) is 92.7 Å². The van der Waals surface area contributed by atoms with Crippen LogP contribution in [0.15, 0.2) is 84.7 Å². The number of anilines is 1. The molecule has 2 heterocycles. The van der Waals surface area contributed by atoms with Crippen molar-refractivity contribution in [3.63, 3.8) is 0 Å². The zero-order valence-electron chi connectivity index (χ0n) is 19.9. The van der Waals surface area contributed by atoms with Gasteiger partial charge < -0.3 is 19.9 Å². The monoisotopic (exact) mass is 498 g/mol. The van der Waals surface area contributed by atoms with Gasteiger partial charge >= 0.3 is 6.03 Å². The van der Waals surface area contributed by atoms with E-state index in [1.54, 1.807) is 43.5 Å². The van der Waals surface area contributed by atoms with E-state index in [4.69, 9.17) is 4.74 Å². The number of urea groups is 1. The Labute approximate surface area is 211 Å². The van der Waals surface area contributed by atoms with E-state index in [1.807, 2.05) is 41.1 Å². The number of ether oxygens (including phenoxy) is 1. The lowest BCUT2D eigenvalue weighted by atomic mass is 10.1. The lowest BCUT2D eigenvalue weighted by Gasteiger charge is -2.12. The van der Waals surface area contributed by atoms with E-state index in [-0.39, 0.29) is 11.5 Å². The average Bonchev–Trinajstić information content (AvgIpc) is 3.39. The minimum atomic E-state index is -0.663. The van der Waals surface area contributed by atoms with Crippen molar-refractivity contribution in [2.75, 3.05) is 19.0 Å². The summed E-state index contributed by atoms with van der Waals surface area (Å²) in [5.74, 6) is -0.726. The maximum atomic E-state index is 13.5. The number of aromatic nitrogens is 1. The van der Waals surface area contributed by atoms with Gasteiger partial charge in [-0.1, -0.05) is 18.2 Å². The molecule has 3 aromatic carbocycles. The van der Waals surface area contributed by atoms with Crippen molar-refractivity contribution in [2.45, 2.75) is 6.54 Å². The van der Waals surface area contributed by atoms with Crippen LogP contribution in [0.3, 0.4) is 0 Å². The number of halogens is 1. The van der Waals surface area contributed by atoms with Gasteiger partial charge in [-0.05, 0) is 71.8 Å². The first-order chi connectivity index (χ1) is 17.9. The number of carbonyl (C=O) groups is 3. The average molecular weight is 499 g/mol. The number of fused-ring (bicyclic) bond motifs is 1. The van der Waals surface area contributed by atoms with E-state index in [0.29, 0.717) is 23.5 Å². The highest BCUT2D eigenvalue weighted by molar-refractivity contribution is 6.16. The number of amides is 4. The number of carbonyl (C=O) groups excluding carboxylic acids is 3. The van der Waals surface area contributed by atoms with Crippen LogP contribution in [0.4, 0.5) is 14.9 Å². The number of rotatable bonds is 7. The molecule has 1 saturated heterocycles. The van der Waals surface area contributed by atoms with E-state index in [0.717, 1.165) is 21.4 Å². The van der Waals surface area contributed by atoms with Crippen molar-refractivity contribution in [3.05, 3.63) is 102 Å². The maximum absolute atomic E-state index is 13.5. The molecule has 186 valence electrons. The van der Waals surface area contributed by atoms with Crippen LogP contribution in [0.1, 0.15) is 11.1 Å². The van der Waals surface area contributed by atoms with Crippen LogP contribution in [0.2, 0.25) is 0 Å². The highest BCUT2D eigenvalue weighted by atomic mass is 19.1. The Morgan fingerprint density at radius 3 is 2.62 bits per heavy atom. The molecule has 1 aliphatic rings. The Bertz CT molecular complexity index is 1540. The second-order valence-corrected chi connectivity index (χ2v) is 8.55. The largest absolute Gasteiger partial charge is 0.497 e. The fraction of sp³-hybridized carbons (Fsp3) is 0.107. The molecule has 5 rings (SSSR count). The summed E-state index contributed by atoms with van der Waals surface area (Å²) in [5.41, 5.74) is 3.11. The number of imide groups is 1. The van der Waals surface area contributed by atoms with E-state index in [1.165, 1.54) is 12.1 Å². The van der Waals surface area contributed by atoms with Crippen molar-refractivity contribution in [3.8, 4) is 5.75 Å². The van der Waals surface area contributed by atoms with Crippen molar-refractivity contribution >= 4 is 40.5 Å². The van der Waals surface area contributed by atoms with E-state index >= 15 is 0 Å². The molecule has 1 aliphatic heterocycles. The molecule has 37 heavy (non-hydrogen) atoms. The fourth-order valence-corrected chi connectivity index (χ4v) is 4.18. The Morgan fingerprint density at radius 1 is 1.05 bits per heavy atom. The van der Waals surface area contributed by atoms with Gasteiger partial charge in [-0.2, -0.15) is 0 Å². The number of benzene rings is 3. The van der Waals surface area contributed by atoms with E-state index < -0.39 is 24.4 Å². The molecule has 0 atom stereocenters. The molecular weight excluding hydrogens is 475 g/mol. The van der Waals surface area contributed by atoms with Crippen LogP contribution in [0.25, 0.3) is 17.0 Å². The second kappa shape index (κ2) is 9.98. The van der Waals surface area contributed by atoms with Gasteiger partial charge in [0.05, 0.1) is 7.11 Å². The second-order valence-electron chi connectivity index (χ2n) is 8.55.